The van der Waals surface area contributed by atoms with Crippen molar-refractivity contribution in [1.82, 2.24) is 15.5 Å². The average Bonchev–Trinajstić information content (AvgIpc) is 3.23. The molecule has 1 aromatic carbocycles. The standard InChI is InChI=1S/C23H34N4O6/c1-13(2)11-18(23(32)33)26-20(29)14(3)25-21(30)19-5-4-10-27(19)22(31)17(24)12-15-6-8-16(28)9-7-15/h6-9,13-14,17-19,28H,4-5,10-12,24H2,1-3H3,(H,25,30)(H,26,29)(H,32,33). The normalized spacial score (nSPS) is 18.5. The summed E-state index contributed by atoms with van der Waals surface area (Å²) in [5.74, 6) is -2.38. The average molecular weight is 463 g/mol. The van der Waals surface area contributed by atoms with Gasteiger partial charge in [-0.15, -0.1) is 0 Å². The van der Waals surface area contributed by atoms with Crippen molar-refractivity contribution in [3.05, 3.63) is 29.8 Å². The van der Waals surface area contributed by atoms with Crippen LogP contribution in [0.3, 0.4) is 0 Å². The third-order valence-electron chi connectivity index (χ3n) is 5.62. The van der Waals surface area contributed by atoms with Gasteiger partial charge >= 0.3 is 5.97 Å². The van der Waals surface area contributed by atoms with Crippen LogP contribution in [-0.2, 0) is 25.6 Å². The smallest absolute Gasteiger partial charge is 0.326 e. The van der Waals surface area contributed by atoms with Gasteiger partial charge in [-0.2, -0.15) is 0 Å². The van der Waals surface area contributed by atoms with E-state index in [9.17, 15) is 29.4 Å². The molecule has 182 valence electrons. The Morgan fingerprint density at radius 2 is 1.76 bits per heavy atom. The fraction of sp³-hybridized carbons (Fsp3) is 0.565. The molecule has 0 spiro atoms. The molecule has 10 nitrogen and oxygen atoms in total. The molecule has 33 heavy (non-hydrogen) atoms. The van der Waals surface area contributed by atoms with Crippen LogP contribution in [0, 0.1) is 5.92 Å². The Morgan fingerprint density at radius 3 is 2.33 bits per heavy atom. The molecule has 1 aliphatic heterocycles. The monoisotopic (exact) mass is 462 g/mol. The summed E-state index contributed by atoms with van der Waals surface area (Å²) in [5.41, 5.74) is 6.88. The van der Waals surface area contributed by atoms with Crippen molar-refractivity contribution >= 4 is 23.7 Å². The zero-order chi connectivity index (χ0) is 24.7. The van der Waals surface area contributed by atoms with Gasteiger partial charge in [0.25, 0.3) is 0 Å². The number of phenolic OH excluding ortho intramolecular Hbond substituents is 1. The van der Waals surface area contributed by atoms with Crippen LogP contribution in [-0.4, -0.2) is 69.5 Å². The number of likely N-dealkylation sites (tertiary alicyclic amines) is 1. The SMILES string of the molecule is CC(C)CC(NC(=O)C(C)NC(=O)C1CCCN1C(=O)C(N)Cc1ccc(O)cc1)C(=O)O. The second-order valence-corrected chi connectivity index (χ2v) is 8.93. The molecule has 1 heterocycles. The van der Waals surface area contributed by atoms with E-state index in [0.29, 0.717) is 19.4 Å². The molecule has 4 atom stereocenters. The number of nitrogens with two attached hydrogens (primary N) is 1. The van der Waals surface area contributed by atoms with E-state index in [4.69, 9.17) is 5.73 Å². The zero-order valence-corrected chi connectivity index (χ0v) is 19.3. The number of nitrogens with one attached hydrogen (secondary N) is 2. The minimum Gasteiger partial charge on any atom is -0.508 e. The highest BCUT2D eigenvalue weighted by Crippen LogP contribution is 2.20. The summed E-state index contributed by atoms with van der Waals surface area (Å²) in [5, 5.41) is 23.7. The lowest BCUT2D eigenvalue weighted by Gasteiger charge is -2.28. The molecule has 0 radical (unpaired) electrons. The minimum absolute atomic E-state index is 0.0696. The second kappa shape index (κ2) is 11.6. The van der Waals surface area contributed by atoms with Crippen LogP contribution < -0.4 is 16.4 Å². The molecule has 0 saturated carbocycles. The molecule has 0 bridgehead atoms. The number of aromatic hydroxyl groups is 1. The molecule has 1 saturated heterocycles. The quantitative estimate of drug-likeness (QED) is 0.335. The van der Waals surface area contributed by atoms with E-state index in [1.54, 1.807) is 12.1 Å². The van der Waals surface area contributed by atoms with Crippen LogP contribution in [0.4, 0.5) is 0 Å². The maximum absolute atomic E-state index is 12.9. The highest BCUT2D eigenvalue weighted by atomic mass is 16.4. The van der Waals surface area contributed by atoms with Crippen molar-refractivity contribution in [2.24, 2.45) is 11.7 Å². The highest BCUT2D eigenvalue weighted by molar-refractivity contribution is 5.94. The Morgan fingerprint density at radius 1 is 1.12 bits per heavy atom. The first-order chi connectivity index (χ1) is 15.5. The van der Waals surface area contributed by atoms with E-state index in [2.05, 4.69) is 10.6 Å². The Balaban J connectivity index is 1.95. The van der Waals surface area contributed by atoms with E-state index in [1.807, 2.05) is 13.8 Å². The molecule has 6 N–H and O–H groups in total. The van der Waals surface area contributed by atoms with Gasteiger partial charge in [0.2, 0.25) is 17.7 Å². The van der Waals surface area contributed by atoms with E-state index < -0.39 is 42.0 Å². The number of aliphatic carboxylic acids is 1. The van der Waals surface area contributed by atoms with Gasteiger partial charge in [-0.3, -0.25) is 14.4 Å². The number of carboxylic acid groups (broad SMARTS) is 1. The van der Waals surface area contributed by atoms with Crippen molar-refractivity contribution in [2.75, 3.05) is 6.54 Å². The van der Waals surface area contributed by atoms with E-state index in [0.717, 1.165) is 5.56 Å². The fourth-order valence-electron chi connectivity index (χ4n) is 3.85. The van der Waals surface area contributed by atoms with E-state index in [-0.39, 0.29) is 30.4 Å². The molecule has 10 heteroatoms. The summed E-state index contributed by atoms with van der Waals surface area (Å²) in [6, 6.07) is 2.79. The Hall–Kier alpha value is -3.14. The maximum atomic E-state index is 12.9. The van der Waals surface area contributed by atoms with Crippen LogP contribution in [0.1, 0.15) is 45.6 Å². The van der Waals surface area contributed by atoms with E-state index >= 15 is 0 Å². The molecule has 1 fully saturated rings. The fourth-order valence-corrected chi connectivity index (χ4v) is 3.85. The molecular weight excluding hydrogens is 428 g/mol. The van der Waals surface area contributed by atoms with Crippen molar-refractivity contribution in [1.29, 1.82) is 0 Å². The van der Waals surface area contributed by atoms with Crippen LogP contribution in [0.25, 0.3) is 0 Å². The molecule has 2 rings (SSSR count). The van der Waals surface area contributed by atoms with Gasteiger partial charge in [0, 0.05) is 6.54 Å². The first-order valence-corrected chi connectivity index (χ1v) is 11.2. The number of hydrogen-bond acceptors (Lipinski definition) is 6. The van der Waals surface area contributed by atoms with Crippen LogP contribution >= 0.6 is 0 Å². The number of phenols is 1. The van der Waals surface area contributed by atoms with Gasteiger partial charge in [-0.1, -0.05) is 26.0 Å². The number of amides is 3. The van der Waals surface area contributed by atoms with Gasteiger partial charge in [0.15, 0.2) is 0 Å². The highest BCUT2D eigenvalue weighted by Gasteiger charge is 2.37. The third kappa shape index (κ3) is 7.45. The van der Waals surface area contributed by atoms with Crippen LogP contribution in [0.5, 0.6) is 5.75 Å². The Bertz CT molecular complexity index is 857. The Kier molecular flexibility index (Phi) is 9.22. The summed E-state index contributed by atoms with van der Waals surface area (Å²) >= 11 is 0. The number of carboxylic acids is 1. The van der Waals surface area contributed by atoms with Crippen molar-refractivity contribution < 1.29 is 29.4 Å². The molecular formula is C23H34N4O6. The third-order valence-corrected chi connectivity index (χ3v) is 5.62. The van der Waals surface area contributed by atoms with Crippen LogP contribution in [0.2, 0.25) is 0 Å². The predicted octanol–water partition coefficient (Wildman–Crippen LogP) is 0.373. The number of nitrogens with zero attached hydrogens (tertiary/aromatic N) is 1. The van der Waals surface area contributed by atoms with Gasteiger partial charge in [0.05, 0.1) is 6.04 Å². The first-order valence-electron chi connectivity index (χ1n) is 11.2. The van der Waals surface area contributed by atoms with Crippen molar-refractivity contribution in [2.45, 2.75) is 70.6 Å². The summed E-state index contributed by atoms with van der Waals surface area (Å²) in [7, 11) is 0. The number of carbonyl (C=O) groups is 4. The van der Waals surface area contributed by atoms with Crippen molar-refractivity contribution in [3.8, 4) is 5.75 Å². The number of carbonyl (C=O) groups excluding carboxylic acids is 3. The molecule has 0 aliphatic carbocycles. The predicted molar refractivity (Wildman–Crippen MR) is 121 cm³/mol. The molecule has 4 unspecified atom stereocenters. The van der Waals surface area contributed by atoms with Crippen molar-refractivity contribution in [3.63, 3.8) is 0 Å². The van der Waals surface area contributed by atoms with Crippen LogP contribution in [0.15, 0.2) is 24.3 Å². The molecule has 1 aromatic rings. The lowest BCUT2D eigenvalue weighted by Crippen LogP contribution is -2.56. The maximum Gasteiger partial charge on any atom is 0.326 e. The largest absolute Gasteiger partial charge is 0.508 e. The van der Waals surface area contributed by atoms with E-state index in [1.165, 1.54) is 24.0 Å². The summed E-state index contributed by atoms with van der Waals surface area (Å²) in [4.78, 5) is 51.0. The second-order valence-electron chi connectivity index (χ2n) is 8.93. The number of hydrogen-bond donors (Lipinski definition) is 5. The van der Waals surface area contributed by atoms with Gasteiger partial charge in [-0.25, -0.2) is 4.79 Å². The topological polar surface area (TPSA) is 162 Å². The first kappa shape index (κ1) is 26.1. The lowest BCUT2D eigenvalue weighted by molar-refractivity contribution is -0.143. The number of rotatable bonds is 10. The zero-order valence-electron chi connectivity index (χ0n) is 19.3. The summed E-state index contributed by atoms with van der Waals surface area (Å²) in [6.45, 7) is 5.56. The minimum atomic E-state index is -1.13. The Labute approximate surface area is 193 Å². The van der Waals surface area contributed by atoms with Gasteiger partial charge in [-0.05, 0) is 56.2 Å². The summed E-state index contributed by atoms with van der Waals surface area (Å²) < 4.78 is 0. The van der Waals surface area contributed by atoms with Gasteiger partial charge < -0.3 is 31.5 Å². The number of benzene rings is 1. The molecule has 3 amide bonds. The lowest BCUT2D eigenvalue weighted by atomic mass is 10.0. The molecule has 0 aromatic heterocycles. The molecule has 1 aliphatic rings. The van der Waals surface area contributed by atoms with Gasteiger partial charge in [0.1, 0.15) is 23.9 Å². The summed E-state index contributed by atoms with van der Waals surface area (Å²) in [6.07, 6.45) is 1.61.